The maximum atomic E-state index is 13.0. The Hall–Kier alpha value is -2.54. The zero-order valence-corrected chi connectivity index (χ0v) is 18.5. The molecule has 0 fully saturated rings. The average molecular weight is 419 g/mol. The molecule has 6 nitrogen and oxygen atoms in total. The van der Waals surface area contributed by atoms with Gasteiger partial charge in [-0.3, -0.25) is 9.10 Å². The first-order valence-corrected chi connectivity index (χ1v) is 11.1. The number of para-hydroxylation sites is 2. The molecule has 158 valence electrons. The van der Waals surface area contributed by atoms with Gasteiger partial charge >= 0.3 is 0 Å². The largest absolute Gasteiger partial charge is 0.495 e. The second kappa shape index (κ2) is 9.78. The minimum atomic E-state index is -3.79. The van der Waals surface area contributed by atoms with E-state index >= 15 is 0 Å². The molecule has 0 aromatic heterocycles. The molecule has 0 aliphatic carbocycles. The van der Waals surface area contributed by atoms with Crippen LogP contribution in [-0.2, 0) is 10.0 Å². The Labute approximate surface area is 173 Å². The molecule has 1 amide bonds. The fraction of sp³-hybridized carbons (Fsp3) is 0.409. The van der Waals surface area contributed by atoms with Gasteiger partial charge in [0, 0.05) is 18.7 Å². The van der Waals surface area contributed by atoms with Crippen LogP contribution in [0.15, 0.2) is 53.4 Å². The van der Waals surface area contributed by atoms with E-state index in [2.05, 4.69) is 19.2 Å². The van der Waals surface area contributed by atoms with Crippen molar-refractivity contribution in [3.63, 3.8) is 0 Å². The summed E-state index contributed by atoms with van der Waals surface area (Å²) >= 11 is 0. The zero-order valence-electron chi connectivity index (χ0n) is 17.7. The molecule has 0 unspecified atom stereocenters. The zero-order chi connectivity index (χ0) is 21.6. The predicted molar refractivity (Wildman–Crippen MR) is 116 cm³/mol. The molecule has 7 heteroatoms. The van der Waals surface area contributed by atoms with E-state index in [0.717, 1.165) is 12.8 Å². The van der Waals surface area contributed by atoms with Gasteiger partial charge in [-0.05, 0) is 62.1 Å². The molecule has 0 spiro atoms. The third kappa shape index (κ3) is 5.73. The van der Waals surface area contributed by atoms with Gasteiger partial charge in [-0.25, -0.2) is 8.42 Å². The topological polar surface area (TPSA) is 75.7 Å². The molecule has 1 atom stereocenters. The van der Waals surface area contributed by atoms with Gasteiger partial charge < -0.3 is 10.1 Å². The van der Waals surface area contributed by atoms with E-state index in [-0.39, 0.29) is 16.8 Å². The Bertz CT molecular complexity index is 924. The first-order chi connectivity index (χ1) is 13.7. The smallest absolute Gasteiger partial charge is 0.264 e. The van der Waals surface area contributed by atoms with Gasteiger partial charge in [0.15, 0.2) is 0 Å². The van der Waals surface area contributed by atoms with E-state index in [4.69, 9.17) is 4.74 Å². The van der Waals surface area contributed by atoms with Crippen LogP contribution in [-0.4, -0.2) is 34.5 Å². The van der Waals surface area contributed by atoms with Crippen LogP contribution in [0.1, 0.15) is 44.0 Å². The van der Waals surface area contributed by atoms with Crippen LogP contribution in [0.4, 0.5) is 5.69 Å². The number of amides is 1. The van der Waals surface area contributed by atoms with E-state index in [1.54, 1.807) is 24.3 Å². The van der Waals surface area contributed by atoms with E-state index in [1.807, 2.05) is 6.92 Å². The van der Waals surface area contributed by atoms with E-state index in [0.29, 0.717) is 22.9 Å². The van der Waals surface area contributed by atoms with Crippen molar-refractivity contribution >= 4 is 21.6 Å². The number of nitrogens with one attached hydrogen (secondary N) is 1. The van der Waals surface area contributed by atoms with Crippen LogP contribution in [0.3, 0.4) is 0 Å². The number of benzene rings is 2. The number of carbonyl (C=O) groups excluding carboxylic acids is 1. The number of methoxy groups -OCH3 is 1. The Morgan fingerprint density at radius 1 is 1.03 bits per heavy atom. The molecule has 0 bridgehead atoms. The number of rotatable bonds is 9. The monoisotopic (exact) mass is 418 g/mol. The molecule has 2 rings (SSSR count). The lowest BCUT2D eigenvalue weighted by Crippen LogP contribution is -2.32. The summed E-state index contributed by atoms with van der Waals surface area (Å²) in [5.41, 5.74) is 0.871. The third-order valence-electron chi connectivity index (χ3n) is 4.75. The maximum Gasteiger partial charge on any atom is 0.264 e. The summed E-state index contributed by atoms with van der Waals surface area (Å²) in [6, 6.07) is 12.9. The molecule has 0 saturated heterocycles. The molecule has 2 aromatic carbocycles. The Morgan fingerprint density at radius 3 is 2.24 bits per heavy atom. The first-order valence-electron chi connectivity index (χ1n) is 9.69. The van der Waals surface area contributed by atoms with Crippen molar-refractivity contribution in [2.75, 3.05) is 18.5 Å². The number of carbonyl (C=O) groups is 1. The van der Waals surface area contributed by atoms with Crippen molar-refractivity contribution in [2.45, 2.75) is 44.6 Å². The normalized spacial score (nSPS) is 12.5. The summed E-state index contributed by atoms with van der Waals surface area (Å²) in [4.78, 5) is 12.5. The molecular formula is C22H30N2O4S. The lowest BCUT2D eigenvalue weighted by Gasteiger charge is -2.21. The summed E-state index contributed by atoms with van der Waals surface area (Å²) in [5.74, 6) is 0.840. The van der Waals surface area contributed by atoms with E-state index in [1.165, 1.54) is 42.7 Å². The molecular weight excluding hydrogens is 388 g/mol. The van der Waals surface area contributed by atoms with Crippen LogP contribution < -0.4 is 14.4 Å². The van der Waals surface area contributed by atoms with Crippen LogP contribution >= 0.6 is 0 Å². The lowest BCUT2D eigenvalue weighted by molar-refractivity contribution is 0.0937. The van der Waals surface area contributed by atoms with Crippen molar-refractivity contribution in [3.05, 3.63) is 54.1 Å². The molecule has 0 aliphatic heterocycles. The highest BCUT2D eigenvalue weighted by Gasteiger charge is 2.24. The second-order valence-electron chi connectivity index (χ2n) is 7.51. The van der Waals surface area contributed by atoms with Crippen LogP contribution in [0.25, 0.3) is 0 Å². The van der Waals surface area contributed by atoms with Crippen molar-refractivity contribution in [1.82, 2.24) is 5.32 Å². The maximum absolute atomic E-state index is 13.0. The van der Waals surface area contributed by atoms with Gasteiger partial charge in [0.25, 0.3) is 15.9 Å². The fourth-order valence-electron chi connectivity index (χ4n) is 2.92. The van der Waals surface area contributed by atoms with Gasteiger partial charge in [-0.15, -0.1) is 0 Å². The SMILES string of the molecule is COc1ccccc1N(C)S(=O)(=O)c1ccc(C(=O)N[C@H](C)CCC(C)C)cc1. The number of ether oxygens (including phenoxy) is 1. The highest BCUT2D eigenvalue weighted by Crippen LogP contribution is 2.30. The van der Waals surface area contributed by atoms with Crippen molar-refractivity contribution in [1.29, 1.82) is 0 Å². The minimum Gasteiger partial charge on any atom is -0.495 e. The second-order valence-corrected chi connectivity index (χ2v) is 9.48. The Morgan fingerprint density at radius 2 is 1.66 bits per heavy atom. The van der Waals surface area contributed by atoms with E-state index < -0.39 is 10.0 Å². The van der Waals surface area contributed by atoms with Crippen LogP contribution in [0.5, 0.6) is 5.75 Å². The molecule has 0 aliphatic rings. The van der Waals surface area contributed by atoms with Crippen molar-refractivity contribution in [3.8, 4) is 5.75 Å². The minimum absolute atomic E-state index is 0.0602. The number of hydrogen-bond acceptors (Lipinski definition) is 4. The number of sulfonamides is 1. The van der Waals surface area contributed by atoms with Gasteiger partial charge in [-0.2, -0.15) is 0 Å². The number of anilines is 1. The standard InChI is InChI=1S/C22H30N2O4S/c1-16(2)10-11-17(3)23-22(25)18-12-14-19(15-13-18)29(26,27)24(4)20-8-6-7-9-21(20)28-5/h6-9,12-17H,10-11H2,1-5H3,(H,23,25)/t17-/m1/s1. The highest BCUT2D eigenvalue weighted by atomic mass is 32.2. The van der Waals surface area contributed by atoms with E-state index in [9.17, 15) is 13.2 Å². The van der Waals surface area contributed by atoms with Gasteiger partial charge in [0.2, 0.25) is 0 Å². The Balaban J connectivity index is 2.15. The molecule has 2 aromatic rings. The average Bonchev–Trinajstić information content (AvgIpc) is 2.71. The van der Waals surface area contributed by atoms with Gasteiger partial charge in [-0.1, -0.05) is 26.0 Å². The van der Waals surface area contributed by atoms with Crippen molar-refractivity contribution in [2.24, 2.45) is 5.92 Å². The predicted octanol–water partition coefficient (Wildman–Crippen LogP) is 4.07. The first kappa shape index (κ1) is 22.7. The Kier molecular flexibility index (Phi) is 7.67. The van der Waals surface area contributed by atoms with Gasteiger partial charge in [0.05, 0.1) is 17.7 Å². The number of nitrogens with zero attached hydrogens (tertiary/aromatic N) is 1. The highest BCUT2D eigenvalue weighted by molar-refractivity contribution is 7.92. The molecule has 1 N–H and O–H groups in total. The number of hydrogen-bond donors (Lipinski definition) is 1. The molecule has 0 saturated carbocycles. The summed E-state index contributed by atoms with van der Waals surface area (Å²) in [6.45, 7) is 6.27. The summed E-state index contributed by atoms with van der Waals surface area (Å²) in [5, 5.41) is 2.96. The van der Waals surface area contributed by atoms with Gasteiger partial charge in [0.1, 0.15) is 5.75 Å². The van der Waals surface area contributed by atoms with Crippen LogP contribution in [0, 0.1) is 5.92 Å². The van der Waals surface area contributed by atoms with Crippen LogP contribution in [0.2, 0.25) is 0 Å². The summed E-state index contributed by atoms with van der Waals surface area (Å²) < 4.78 is 32.4. The summed E-state index contributed by atoms with van der Waals surface area (Å²) in [6.07, 6.45) is 1.94. The summed E-state index contributed by atoms with van der Waals surface area (Å²) in [7, 11) is -0.815. The third-order valence-corrected chi connectivity index (χ3v) is 6.54. The lowest BCUT2D eigenvalue weighted by atomic mass is 10.0. The molecule has 0 radical (unpaired) electrons. The molecule has 29 heavy (non-hydrogen) atoms. The van der Waals surface area contributed by atoms with Crippen molar-refractivity contribution < 1.29 is 17.9 Å². The molecule has 0 heterocycles. The quantitative estimate of drug-likeness (QED) is 0.666. The fourth-order valence-corrected chi connectivity index (χ4v) is 4.12.